The molecule has 2 aromatic rings. The van der Waals surface area contributed by atoms with E-state index < -0.39 is 35.5 Å². The summed E-state index contributed by atoms with van der Waals surface area (Å²) in [5, 5.41) is 0. The predicted molar refractivity (Wildman–Crippen MR) is 76.2 cm³/mol. The van der Waals surface area contributed by atoms with Crippen LogP contribution in [0.1, 0.15) is 23.4 Å². The highest BCUT2D eigenvalue weighted by atomic mass is 19.4. The molecule has 0 aromatic carbocycles. The number of rotatable bonds is 3. The predicted octanol–water partition coefficient (Wildman–Crippen LogP) is 2.38. The van der Waals surface area contributed by atoms with Gasteiger partial charge in [-0.3, -0.25) is 9.36 Å². The van der Waals surface area contributed by atoms with Crippen molar-refractivity contribution in [3.63, 3.8) is 0 Å². The molecule has 0 aliphatic rings. The van der Waals surface area contributed by atoms with E-state index in [2.05, 4.69) is 9.72 Å². The van der Waals surface area contributed by atoms with E-state index in [0.717, 1.165) is 13.1 Å². The minimum atomic E-state index is -4.94. The first-order chi connectivity index (χ1) is 11.4. The Morgan fingerprint density at radius 3 is 2.28 bits per heavy atom. The van der Waals surface area contributed by atoms with Crippen LogP contribution in [0.2, 0.25) is 0 Å². The van der Waals surface area contributed by atoms with Crippen LogP contribution >= 0.6 is 0 Å². The highest BCUT2D eigenvalue weighted by molar-refractivity contribution is 5.42. The topological polar surface area (TPSA) is 66.1 Å². The maximum atomic E-state index is 12.8. The summed E-state index contributed by atoms with van der Waals surface area (Å²) in [6.45, 7) is 2.49. The molecule has 0 unspecified atom stereocenters. The molecule has 0 fully saturated rings. The lowest BCUT2D eigenvalue weighted by atomic mass is 10.2. The van der Waals surface area contributed by atoms with Gasteiger partial charge in [0.05, 0.1) is 11.4 Å². The van der Waals surface area contributed by atoms with E-state index in [9.17, 15) is 31.5 Å². The van der Waals surface area contributed by atoms with Gasteiger partial charge in [0.1, 0.15) is 5.82 Å². The van der Waals surface area contributed by atoms with Gasteiger partial charge in [-0.05, 0) is 25.5 Å². The molecule has 136 valence electrons. The third kappa shape index (κ3) is 3.69. The second-order valence-electron chi connectivity index (χ2n) is 5.15. The number of aromatic nitrogens is 3. The van der Waals surface area contributed by atoms with Gasteiger partial charge in [-0.2, -0.15) is 0 Å². The van der Waals surface area contributed by atoms with Crippen LogP contribution < -0.4 is 16.0 Å². The van der Waals surface area contributed by atoms with E-state index in [4.69, 9.17) is 0 Å². The first-order valence-corrected chi connectivity index (χ1v) is 6.78. The zero-order chi connectivity index (χ0) is 19.1. The third-order valence-corrected chi connectivity index (χ3v) is 3.35. The van der Waals surface area contributed by atoms with Gasteiger partial charge in [0, 0.05) is 13.1 Å². The van der Waals surface area contributed by atoms with Gasteiger partial charge < -0.3 is 4.74 Å². The van der Waals surface area contributed by atoms with Crippen molar-refractivity contribution in [2.45, 2.75) is 26.6 Å². The van der Waals surface area contributed by atoms with Crippen LogP contribution in [-0.2, 0) is 7.05 Å². The van der Waals surface area contributed by atoms with Crippen molar-refractivity contribution in [3.05, 3.63) is 49.9 Å². The van der Waals surface area contributed by atoms with Crippen LogP contribution in [0.25, 0.3) is 5.82 Å². The summed E-state index contributed by atoms with van der Waals surface area (Å²) in [5.41, 5.74) is -3.16. The van der Waals surface area contributed by atoms with Crippen molar-refractivity contribution in [1.82, 2.24) is 14.1 Å². The second-order valence-corrected chi connectivity index (χ2v) is 5.15. The van der Waals surface area contributed by atoms with Crippen molar-refractivity contribution in [3.8, 4) is 11.6 Å². The summed E-state index contributed by atoms with van der Waals surface area (Å²) in [6, 6.07) is 1.53. The molecule has 0 N–H and O–H groups in total. The van der Waals surface area contributed by atoms with Gasteiger partial charge in [-0.15, -0.1) is 13.2 Å². The summed E-state index contributed by atoms with van der Waals surface area (Å²) < 4.78 is 67.6. The molecule has 0 amide bonds. The van der Waals surface area contributed by atoms with Crippen LogP contribution in [0.4, 0.5) is 22.0 Å². The summed E-state index contributed by atoms with van der Waals surface area (Å²) in [5.74, 6) is -0.860. The average Bonchev–Trinajstić information content (AvgIpc) is 2.46. The second kappa shape index (κ2) is 6.30. The Morgan fingerprint density at radius 2 is 1.76 bits per heavy atom. The lowest BCUT2D eigenvalue weighted by Crippen LogP contribution is -2.40. The number of alkyl halides is 5. The van der Waals surface area contributed by atoms with Crippen molar-refractivity contribution in [2.75, 3.05) is 0 Å². The van der Waals surface area contributed by atoms with Gasteiger partial charge in [-0.1, -0.05) is 0 Å². The summed E-state index contributed by atoms with van der Waals surface area (Å²) in [7, 11) is 1.04. The fourth-order valence-electron chi connectivity index (χ4n) is 2.17. The molecule has 0 saturated heterocycles. The zero-order valence-corrected chi connectivity index (χ0v) is 13.2. The van der Waals surface area contributed by atoms with Gasteiger partial charge in [0.25, 0.3) is 12.0 Å². The van der Waals surface area contributed by atoms with Crippen molar-refractivity contribution in [1.29, 1.82) is 0 Å². The molecule has 0 aliphatic carbocycles. The Kier molecular flexibility index (Phi) is 4.69. The summed E-state index contributed by atoms with van der Waals surface area (Å²) in [6.07, 6.45) is -7.98. The first-order valence-electron chi connectivity index (χ1n) is 6.78. The molecule has 6 nitrogen and oxygen atoms in total. The fraction of sp³-hybridized carbons (Fsp3) is 0.357. The van der Waals surface area contributed by atoms with Crippen LogP contribution in [0.5, 0.6) is 5.75 Å². The molecule has 25 heavy (non-hydrogen) atoms. The van der Waals surface area contributed by atoms with E-state index >= 15 is 0 Å². The first kappa shape index (κ1) is 18.6. The molecule has 0 spiro atoms. The standard InChI is InChI=1S/C14H12F5N3O3/c1-6-4-9(25-14(17,18)19)7(2)20-12(6)22-10(23)5-8(11(15)16)21(3)13(22)24/h4-5,11H,1-3H3. The number of hydrogen-bond acceptors (Lipinski definition) is 4. The highest BCUT2D eigenvalue weighted by Crippen LogP contribution is 2.27. The fourth-order valence-corrected chi connectivity index (χ4v) is 2.17. The largest absolute Gasteiger partial charge is 0.573 e. The van der Waals surface area contributed by atoms with E-state index in [0.29, 0.717) is 15.2 Å². The Bertz CT molecular complexity index is 931. The molecule has 11 heteroatoms. The van der Waals surface area contributed by atoms with Crippen molar-refractivity contribution in [2.24, 2.45) is 7.05 Å². The maximum absolute atomic E-state index is 12.8. The quantitative estimate of drug-likeness (QED) is 0.784. The Hall–Kier alpha value is -2.72. The van der Waals surface area contributed by atoms with Gasteiger partial charge >= 0.3 is 12.1 Å². The molecule has 2 aromatic heterocycles. The van der Waals surface area contributed by atoms with Gasteiger partial charge in [0.15, 0.2) is 5.75 Å². The number of aryl methyl sites for hydroxylation is 2. The number of halogens is 5. The lowest BCUT2D eigenvalue weighted by Gasteiger charge is -2.15. The van der Waals surface area contributed by atoms with E-state index in [1.807, 2.05) is 0 Å². The molecular weight excluding hydrogens is 353 g/mol. The zero-order valence-electron chi connectivity index (χ0n) is 13.2. The Balaban J connectivity index is 2.69. The molecule has 0 aliphatic heterocycles. The van der Waals surface area contributed by atoms with E-state index in [1.54, 1.807) is 0 Å². The lowest BCUT2D eigenvalue weighted by molar-refractivity contribution is -0.275. The molecular formula is C14H12F5N3O3. The molecule has 0 atom stereocenters. The highest BCUT2D eigenvalue weighted by Gasteiger charge is 2.32. The van der Waals surface area contributed by atoms with Crippen LogP contribution in [0.15, 0.2) is 21.7 Å². The Labute approximate surface area is 137 Å². The summed E-state index contributed by atoms with van der Waals surface area (Å²) in [4.78, 5) is 28.1. The maximum Gasteiger partial charge on any atom is 0.573 e. The summed E-state index contributed by atoms with van der Waals surface area (Å²) >= 11 is 0. The van der Waals surface area contributed by atoms with Crippen LogP contribution in [0, 0.1) is 13.8 Å². The SMILES string of the molecule is Cc1cc(OC(F)(F)F)c(C)nc1-n1c(=O)cc(C(F)F)n(C)c1=O. The average molecular weight is 365 g/mol. The van der Waals surface area contributed by atoms with Gasteiger partial charge in [0.2, 0.25) is 0 Å². The molecule has 0 bridgehead atoms. The van der Waals surface area contributed by atoms with E-state index in [-0.39, 0.29) is 17.1 Å². The number of hydrogen-bond donors (Lipinski definition) is 0. The number of nitrogens with zero attached hydrogens (tertiary/aromatic N) is 3. The molecule has 0 saturated carbocycles. The number of pyridine rings is 1. The third-order valence-electron chi connectivity index (χ3n) is 3.35. The minimum absolute atomic E-state index is 0.0221. The van der Waals surface area contributed by atoms with Crippen LogP contribution in [-0.4, -0.2) is 20.5 Å². The molecule has 0 radical (unpaired) electrons. The minimum Gasteiger partial charge on any atom is -0.404 e. The molecule has 2 heterocycles. The van der Waals surface area contributed by atoms with E-state index in [1.165, 1.54) is 13.8 Å². The molecule has 2 rings (SSSR count). The Morgan fingerprint density at radius 1 is 1.16 bits per heavy atom. The van der Waals surface area contributed by atoms with Crippen LogP contribution in [0.3, 0.4) is 0 Å². The number of ether oxygens (including phenoxy) is 1. The smallest absolute Gasteiger partial charge is 0.404 e. The van der Waals surface area contributed by atoms with Crippen molar-refractivity contribution >= 4 is 0 Å². The van der Waals surface area contributed by atoms with Crippen molar-refractivity contribution < 1.29 is 26.7 Å². The normalized spacial score (nSPS) is 11.9. The monoisotopic (exact) mass is 365 g/mol. The van der Waals surface area contributed by atoms with Gasteiger partial charge in [-0.25, -0.2) is 23.1 Å².